The van der Waals surface area contributed by atoms with Gasteiger partial charge < -0.3 is 18.8 Å². The normalized spacial score (nSPS) is 16.5. The van der Waals surface area contributed by atoms with Crippen molar-refractivity contribution in [3.63, 3.8) is 0 Å². The van der Waals surface area contributed by atoms with Gasteiger partial charge >= 0.3 is 0 Å². The Morgan fingerprint density at radius 3 is 2.42 bits per heavy atom. The van der Waals surface area contributed by atoms with Crippen LogP contribution in [0.2, 0.25) is 0 Å². The molecule has 0 unspecified atom stereocenters. The maximum atomic E-state index is 13.1. The number of piperazine rings is 1. The Balaban J connectivity index is 1.20. The van der Waals surface area contributed by atoms with Crippen LogP contribution in [0.5, 0.6) is 11.5 Å². The minimum atomic E-state index is -3.70. The van der Waals surface area contributed by atoms with Gasteiger partial charge in [-0.25, -0.2) is 13.4 Å². The quantitative estimate of drug-likeness (QED) is 0.564. The van der Waals surface area contributed by atoms with Crippen molar-refractivity contribution in [3.8, 4) is 23.0 Å². The highest BCUT2D eigenvalue weighted by Gasteiger charge is 2.31. The number of nitrogens with zero attached hydrogens (tertiary/aromatic N) is 3. The highest BCUT2D eigenvalue weighted by molar-refractivity contribution is 7.89. The highest BCUT2D eigenvalue weighted by atomic mass is 32.2. The van der Waals surface area contributed by atoms with E-state index < -0.39 is 10.0 Å². The third-order valence-electron chi connectivity index (χ3n) is 5.65. The first-order valence-electron chi connectivity index (χ1n) is 10.7. The number of carbonyl (C=O) groups is 1. The molecule has 3 heterocycles. The highest BCUT2D eigenvalue weighted by Crippen LogP contribution is 2.33. The summed E-state index contributed by atoms with van der Waals surface area (Å²) in [5.41, 5.74) is 1.39. The molecule has 9 nitrogen and oxygen atoms in total. The van der Waals surface area contributed by atoms with Crippen molar-refractivity contribution in [2.24, 2.45) is 0 Å². The molecule has 0 atom stereocenters. The standard InChI is InChI=1S/C23H23N3O6S/c27-22(14-18-16-32-23(24-18)17-4-2-1-3-5-17)25-8-10-26(11-9-25)33(28,29)19-6-7-20-21(15-19)31-13-12-30-20/h1-7,15-16H,8-14H2. The Kier molecular flexibility index (Phi) is 5.77. The second-order valence-corrected chi connectivity index (χ2v) is 9.72. The minimum absolute atomic E-state index is 0.102. The molecule has 0 spiro atoms. The van der Waals surface area contributed by atoms with E-state index in [0.29, 0.717) is 49.4 Å². The summed E-state index contributed by atoms with van der Waals surface area (Å²) in [6.45, 7) is 1.89. The predicted octanol–water partition coefficient (Wildman–Crippen LogP) is 2.19. The van der Waals surface area contributed by atoms with E-state index in [-0.39, 0.29) is 30.3 Å². The van der Waals surface area contributed by atoms with E-state index in [4.69, 9.17) is 13.9 Å². The number of amides is 1. The van der Waals surface area contributed by atoms with Crippen molar-refractivity contribution < 1.29 is 27.1 Å². The number of oxazole rings is 1. The molecule has 2 aromatic carbocycles. The van der Waals surface area contributed by atoms with Crippen LogP contribution in [0.3, 0.4) is 0 Å². The number of hydrogen-bond donors (Lipinski definition) is 0. The maximum absolute atomic E-state index is 13.1. The lowest BCUT2D eigenvalue weighted by Crippen LogP contribution is -2.50. The minimum Gasteiger partial charge on any atom is -0.486 e. The topological polar surface area (TPSA) is 102 Å². The SMILES string of the molecule is O=C(Cc1coc(-c2ccccc2)n1)N1CCN(S(=O)(=O)c2ccc3c(c2)OCCO3)CC1. The molecule has 1 aromatic heterocycles. The summed E-state index contributed by atoms with van der Waals surface area (Å²) in [5.74, 6) is 1.32. The first-order valence-corrected chi connectivity index (χ1v) is 12.1. The van der Waals surface area contributed by atoms with Gasteiger partial charge in [0.2, 0.25) is 21.8 Å². The van der Waals surface area contributed by atoms with E-state index >= 15 is 0 Å². The van der Waals surface area contributed by atoms with Crippen LogP contribution in [0.25, 0.3) is 11.5 Å². The number of benzene rings is 2. The molecular formula is C23H23N3O6S. The van der Waals surface area contributed by atoms with Crippen LogP contribution in [-0.4, -0.2) is 67.9 Å². The van der Waals surface area contributed by atoms with Crippen LogP contribution in [0.15, 0.2) is 64.1 Å². The zero-order valence-corrected chi connectivity index (χ0v) is 18.7. The smallest absolute Gasteiger partial charge is 0.243 e. The van der Waals surface area contributed by atoms with E-state index in [1.807, 2.05) is 30.3 Å². The van der Waals surface area contributed by atoms with E-state index in [0.717, 1.165) is 5.56 Å². The molecule has 1 amide bonds. The molecule has 172 valence electrons. The summed E-state index contributed by atoms with van der Waals surface area (Å²) >= 11 is 0. The van der Waals surface area contributed by atoms with Gasteiger partial charge in [-0.2, -0.15) is 4.31 Å². The molecule has 3 aromatic rings. The van der Waals surface area contributed by atoms with Gasteiger partial charge in [-0.15, -0.1) is 0 Å². The van der Waals surface area contributed by atoms with Crippen LogP contribution in [0, 0.1) is 0 Å². The first-order chi connectivity index (χ1) is 16.0. The van der Waals surface area contributed by atoms with Crippen LogP contribution < -0.4 is 9.47 Å². The van der Waals surface area contributed by atoms with Crippen molar-refractivity contribution >= 4 is 15.9 Å². The molecular weight excluding hydrogens is 446 g/mol. The van der Waals surface area contributed by atoms with Crippen molar-refractivity contribution in [2.75, 3.05) is 39.4 Å². The molecule has 1 fully saturated rings. The first kappa shape index (κ1) is 21.5. The third-order valence-corrected chi connectivity index (χ3v) is 7.54. The summed E-state index contributed by atoms with van der Waals surface area (Å²) in [6.07, 6.45) is 1.59. The van der Waals surface area contributed by atoms with Gasteiger partial charge in [-0.1, -0.05) is 18.2 Å². The van der Waals surface area contributed by atoms with Gasteiger partial charge in [0, 0.05) is 37.8 Å². The number of fused-ring (bicyclic) bond motifs is 1. The van der Waals surface area contributed by atoms with Crippen molar-refractivity contribution in [2.45, 2.75) is 11.3 Å². The average molecular weight is 470 g/mol. The zero-order valence-electron chi connectivity index (χ0n) is 17.8. The molecule has 1 saturated heterocycles. The predicted molar refractivity (Wildman–Crippen MR) is 118 cm³/mol. The molecule has 0 N–H and O–H groups in total. The fourth-order valence-corrected chi connectivity index (χ4v) is 5.32. The Labute approximate surface area is 191 Å². The lowest BCUT2D eigenvalue weighted by atomic mass is 10.2. The maximum Gasteiger partial charge on any atom is 0.243 e. The number of sulfonamides is 1. The van der Waals surface area contributed by atoms with Crippen LogP contribution in [0.1, 0.15) is 5.69 Å². The lowest BCUT2D eigenvalue weighted by molar-refractivity contribution is -0.131. The van der Waals surface area contributed by atoms with Crippen molar-refractivity contribution in [3.05, 3.63) is 60.5 Å². The second-order valence-electron chi connectivity index (χ2n) is 7.78. The van der Waals surface area contributed by atoms with E-state index in [1.54, 1.807) is 11.0 Å². The monoisotopic (exact) mass is 469 g/mol. The van der Waals surface area contributed by atoms with Crippen molar-refractivity contribution in [1.29, 1.82) is 0 Å². The van der Waals surface area contributed by atoms with Gasteiger partial charge in [-0.05, 0) is 24.3 Å². The van der Waals surface area contributed by atoms with E-state index in [2.05, 4.69) is 4.98 Å². The second kappa shape index (κ2) is 8.87. The summed E-state index contributed by atoms with van der Waals surface area (Å²) in [6, 6.07) is 14.1. The molecule has 10 heteroatoms. The molecule has 0 saturated carbocycles. The molecule has 33 heavy (non-hydrogen) atoms. The van der Waals surface area contributed by atoms with Gasteiger partial charge in [0.15, 0.2) is 11.5 Å². The Hall–Kier alpha value is -3.37. The lowest BCUT2D eigenvalue weighted by Gasteiger charge is -2.34. The fourth-order valence-electron chi connectivity index (χ4n) is 3.88. The summed E-state index contributed by atoms with van der Waals surface area (Å²) in [4.78, 5) is 19.0. The Bertz CT molecular complexity index is 1250. The molecule has 2 aliphatic rings. The number of carbonyl (C=O) groups excluding carboxylic acids is 1. The van der Waals surface area contributed by atoms with E-state index in [1.165, 1.54) is 22.7 Å². The molecule has 0 radical (unpaired) electrons. The Morgan fingerprint density at radius 1 is 0.939 bits per heavy atom. The number of hydrogen-bond acceptors (Lipinski definition) is 7. The van der Waals surface area contributed by atoms with Gasteiger partial charge in [0.1, 0.15) is 19.5 Å². The summed E-state index contributed by atoms with van der Waals surface area (Å²) < 4.78 is 44.0. The number of ether oxygens (including phenoxy) is 2. The van der Waals surface area contributed by atoms with Gasteiger partial charge in [-0.3, -0.25) is 4.79 Å². The largest absolute Gasteiger partial charge is 0.486 e. The molecule has 2 aliphatic heterocycles. The van der Waals surface area contributed by atoms with E-state index in [9.17, 15) is 13.2 Å². The zero-order chi connectivity index (χ0) is 22.8. The average Bonchev–Trinajstić information content (AvgIpc) is 3.33. The van der Waals surface area contributed by atoms with Crippen LogP contribution in [0.4, 0.5) is 0 Å². The Morgan fingerprint density at radius 2 is 1.67 bits per heavy atom. The molecule has 5 rings (SSSR count). The van der Waals surface area contributed by atoms with Crippen molar-refractivity contribution in [1.82, 2.24) is 14.2 Å². The third kappa shape index (κ3) is 4.44. The van der Waals surface area contributed by atoms with Crippen LogP contribution in [-0.2, 0) is 21.2 Å². The summed E-state index contributed by atoms with van der Waals surface area (Å²) in [5, 5.41) is 0. The van der Waals surface area contributed by atoms with Gasteiger partial charge in [0.25, 0.3) is 0 Å². The fraction of sp³-hybridized carbons (Fsp3) is 0.304. The number of aromatic nitrogens is 1. The van der Waals surface area contributed by atoms with Gasteiger partial charge in [0.05, 0.1) is 17.0 Å². The summed E-state index contributed by atoms with van der Waals surface area (Å²) in [7, 11) is -3.70. The number of rotatable bonds is 5. The van der Waals surface area contributed by atoms with Crippen LogP contribution >= 0.6 is 0 Å². The molecule has 0 aliphatic carbocycles. The molecule has 0 bridgehead atoms.